The number of ketones is 1. The van der Waals surface area contributed by atoms with E-state index in [-0.39, 0.29) is 44.2 Å². The highest BCUT2D eigenvalue weighted by Crippen LogP contribution is 2.29. The number of rotatable bonds is 7. The third kappa shape index (κ3) is 6.03. The summed E-state index contributed by atoms with van der Waals surface area (Å²) in [6.45, 7) is 2.29. The van der Waals surface area contributed by atoms with Crippen molar-refractivity contribution in [2.45, 2.75) is 33.9 Å². The van der Waals surface area contributed by atoms with E-state index in [1.165, 1.54) is 29.9 Å². The third-order valence-electron chi connectivity index (χ3n) is 5.03. The number of hydrogen-bond acceptors (Lipinski definition) is 6. The molecule has 6 nitrogen and oxygen atoms in total. The summed E-state index contributed by atoms with van der Waals surface area (Å²) in [4.78, 5) is 26.4. The number of thiazole rings is 1. The third-order valence-corrected chi connectivity index (χ3v) is 6.16. The Bertz CT molecular complexity index is 1450. The van der Waals surface area contributed by atoms with Gasteiger partial charge >= 0.3 is 6.61 Å². The van der Waals surface area contributed by atoms with E-state index in [4.69, 9.17) is 4.74 Å². The number of hydrogen-bond donors (Lipinski definition) is 0. The lowest BCUT2D eigenvalue weighted by molar-refractivity contribution is -0.120. The standard InChI is InChI=1S/C26H24F2N2O4S/c1-26(2,3)22(31)18(14-29)24-30(15-16-8-6-5-7-9-16)23(32)21(35-24)13-17-10-11-19(34-25(27)28)20(12-17)33-4/h5-13,25H,15H2,1-4H3/b21-13-,24-18-. The molecule has 0 fully saturated rings. The van der Waals surface area contributed by atoms with Gasteiger partial charge in [0.2, 0.25) is 0 Å². The summed E-state index contributed by atoms with van der Waals surface area (Å²) in [5, 5.41) is 9.85. The summed E-state index contributed by atoms with van der Waals surface area (Å²) >= 11 is 1.03. The molecule has 2 aromatic carbocycles. The number of ether oxygens (including phenoxy) is 2. The van der Waals surface area contributed by atoms with Gasteiger partial charge in [0.05, 0.1) is 18.2 Å². The van der Waals surface area contributed by atoms with E-state index >= 15 is 0 Å². The van der Waals surface area contributed by atoms with Crippen LogP contribution in [0.2, 0.25) is 0 Å². The van der Waals surface area contributed by atoms with E-state index in [2.05, 4.69) is 4.74 Å². The molecule has 0 aliphatic carbocycles. The van der Waals surface area contributed by atoms with Crippen LogP contribution in [0.3, 0.4) is 0 Å². The normalized spacial score (nSPS) is 12.9. The maximum absolute atomic E-state index is 13.4. The number of nitriles is 1. The van der Waals surface area contributed by atoms with Crippen molar-refractivity contribution < 1.29 is 23.0 Å². The lowest BCUT2D eigenvalue weighted by atomic mass is 9.87. The Kier molecular flexibility index (Phi) is 7.87. The molecule has 35 heavy (non-hydrogen) atoms. The van der Waals surface area contributed by atoms with E-state index in [0.717, 1.165) is 16.9 Å². The second-order valence-corrected chi connectivity index (χ2v) is 9.68. The molecule has 0 amide bonds. The highest BCUT2D eigenvalue weighted by Gasteiger charge is 2.27. The summed E-state index contributed by atoms with van der Waals surface area (Å²) in [5.41, 5.74) is 0.0425. The molecule has 0 N–H and O–H groups in total. The predicted octanol–water partition coefficient (Wildman–Crippen LogP) is 3.69. The van der Waals surface area contributed by atoms with Gasteiger partial charge in [-0.2, -0.15) is 14.0 Å². The second kappa shape index (κ2) is 10.7. The van der Waals surface area contributed by atoms with E-state index in [0.29, 0.717) is 5.56 Å². The van der Waals surface area contributed by atoms with Gasteiger partial charge in [0, 0.05) is 5.41 Å². The molecule has 0 unspecified atom stereocenters. The number of methoxy groups -OCH3 is 1. The number of Topliss-reactive ketones (excluding diaryl/α,β-unsaturated/α-hetero) is 1. The minimum absolute atomic E-state index is 0.0765. The molecule has 0 spiro atoms. The van der Waals surface area contributed by atoms with Crippen molar-refractivity contribution in [2.24, 2.45) is 5.41 Å². The van der Waals surface area contributed by atoms with Crippen molar-refractivity contribution in [3.8, 4) is 17.6 Å². The van der Waals surface area contributed by atoms with Gasteiger partial charge in [-0.25, -0.2) is 0 Å². The highest BCUT2D eigenvalue weighted by molar-refractivity contribution is 7.07. The fourth-order valence-electron chi connectivity index (χ4n) is 3.30. The van der Waals surface area contributed by atoms with E-state index in [9.17, 15) is 23.6 Å². The molecule has 0 aliphatic rings. The first-order valence-electron chi connectivity index (χ1n) is 10.6. The van der Waals surface area contributed by atoms with Gasteiger partial charge < -0.3 is 9.47 Å². The van der Waals surface area contributed by atoms with Crippen LogP contribution >= 0.6 is 11.3 Å². The van der Waals surface area contributed by atoms with Crippen LogP contribution in [0.25, 0.3) is 11.6 Å². The molecule has 9 heteroatoms. The Morgan fingerprint density at radius 3 is 2.43 bits per heavy atom. The average Bonchev–Trinajstić information content (AvgIpc) is 3.10. The molecule has 0 atom stereocenters. The fraction of sp³-hybridized carbons (Fsp3) is 0.269. The Hall–Kier alpha value is -3.77. The maximum atomic E-state index is 13.4. The Labute approximate surface area is 205 Å². The highest BCUT2D eigenvalue weighted by atomic mass is 32.1. The van der Waals surface area contributed by atoms with Crippen molar-refractivity contribution in [3.63, 3.8) is 0 Å². The van der Waals surface area contributed by atoms with Gasteiger partial charge in [-0.15, -0.1) is 11.3 Å². The lowest BCUT2D eigenvalue weighted by Gasteiger charge is -2.15. The quantitative estimate of drug-likeness (QED) is 0.496. The largest absolute Gasteiger partial charge is 0.493 e. The number of carbonyl (C=O) groups excluding carboxylic acids is 1. The molecule has 3 rings (SSSR count). The fourth-order valence-corrected chi connectivity index (χ4v) is 4.40. The lowest BCUT2D eigenvalue weighted by Crippen LogP contribution is -2.34. The van der Waals surface area contributed by atoms with E-state index < -0.39 is 12.0 Å². The van der Waals surface area contributed by atoms with Crippen LogP contribution in [0.5, 0.6) is 11.5 Å². The summed E-state index contributed by atoms with van der Waals surface area (Å²) in [7, 11) is 1.32. The zero-order chi connectivity index (χ0) is 25.8. The minimum atomic E-state index is -3.01. The minimum Gasteiger partial charge on any atom is -0.493 e. The van der Waals surface area contributed by atoms with Gasteiger partial charge in [0.25, 0.3) is 5.56 Å². The molecule has 1 aromatic heterocycles. The summed E-state index contributed by atoms with van der Waals surface area (Å²) in [6.07, 6.45) is 1.56. The first kappa shape index (κ1) is 25.8. The SMILES string of the molecule is COc1cc(/C=c2\s/c(=C(/C#N)C(=O)C(C)(C)C)n(Cc3ccccc3)c2=O)ccc1OC(F)F. The van der Waals surface area contributed by atoms with Gasteiger partial charge in [0.1, 0.15) is 16.3 Å². The first-order chi connectivity index (χ1) is 16.5. The van der Waals surface area contributed by atoms with Crippen LogP contribution in [-0.4, -0.2) is 24.1 Å². The van der Waals surface area contributed by atoms with E-state index in [1.54, 1.807) is 26.8 Å². The van der Waals surface area contributed by atoms with Crippen LogP contribution in [0.15, 0.2) is 53.3 Å². The molecule has 0 bridgehead atoms. The number of carbonyl (C=O) groups is 1. The second-order valence-electron chi connectivity index (χ2n) is 8.65. The number of benzene rings is 2. The predicted molar refractivity (Wildman–Crippen MR) is 130 cm³/mol. The molecule has 1 heterocycles. The van der Waals surface area contributed by atoms with Crippen LogP contribution in [0.4, 0.5) is 8.78 Å². The zero-order valence-electron chi connectivity index (χ0n) is 19.7. The smallest absolute Gasteiger partial charge is 0.387 e. The first-order valence-corrected chi connectivity index (χ1v) is 11.4. The zero-order valence-corrected chi connectivity index (χ0v) is 20.5. The van der Waals surface area contributed by atoms with Gasteiger partial charge in [-0.05, 0) is 29.3 Å². The van der Waals surface area contributed by atoms with Gasteiger partial charge in [-0.3, -0.25) is 14.2 Å². The number of alkyl halides is 2. The molecular weight excluding hydrogens is 474 g/mol. The summed E-state index contributed by atoms with van der Waals surface area (Å²) in [6, 6.07) is 15.5. The Morgan fingerprint density at radius 2 is 1.86 bits per heavy atom. The van der Waals surface area contributed by atoms with Crippen LogP contribution in [0, 0.1) is 16.7 Å². The Balaban J connectivity index is 2.26. The summed E-state index contributed by atoms with van der Waals surface area (Å²) in [5.74, 6) is -0.429. The molecule has 0 saturated carbocycles. The van der Waals surface area contributed by atoms with Crippen molar-refractivity contribution >= 4 is 28.8 Å². The number of aromatic nitrogens is 1. The van der Waals surface area contributed by atoms with Gasteiger partial charge in [-0.1, -0.05) is 57.2 Å². The van der Waals surface area contributed by atoms with Crippen LogP contribution in [-0.2, 0) is 11.3 Å². The van der Waals surface area contributed by atoms with Crippen LogP contribution in [0.1, 0.15) is 31.9 Å². The molecule has 0 radical (unpaired) electrons. The number of nitrogens with zero attached hydrogens (tertiary/aromatic N) is 2. The summed E-state index contributed by atoms with van der Waals surface area (Å²) < 4.78 is 36.8. The van der Waals surface area contributed by atoms with Crippen LogP contribution < -0.4 is 24.2 Å². The monoisotopic (exact) mass is 498 g/mol. The molecule has 0 saturated heterocycles. The van der Waals surface area contributed by atoms with Crippen molar-refractivity contribution in [3.05, 3.63) is 79.2 Å². The average molecular weight is 499 g/mol. The van der Waals surface area contributed by atoms with Crippen molar-refractivity contribution in [1.82, 2.24) is 4.57 Å². The number of halogens is 2. The van der Waals surface area contributed by atoms with E-state index in [1.807, 2.05) is 36.4 Å². The van der Waals surface area contributed by atoms with Gasteiger partial charge in [0.15, 0.2) is 17.3 Å². The topological polar surface area (TPSA) is 81.3 Å². The molecule has 182 valence electrons. The molecular formula is C26H24F2N2O4S. The Morgan fingerprint density at radius 1 is 1.17 bits per heavy atom. The van der Waals surface area contributed by atoms with Crippen molar-refractivity contribution in [2.75, 3.05) is 7.11 Å². The molecule has 3 aromatic rings. The van der Waals surface area contributed by atoms with Crippen molar-refractivity contribution in [1.29, 1.82) is 5.26 Å². The molecule has 0 aliphatic heterocycles. The maximum Gasteiger partial charge on any atom is 0.387 e.